The fourth-order valence-electron chi connectivity index (χ4n) is 4.33. The second kappa shape index (κ2) is 8.58. The molecule has 2 aliphatic heterocycles. The molecule has 150 valence electrons. The fourth-order valence-corrected chi connectivity index (χ4v) is 4.33. The zero-order chi connectivity index (χ0) is 19.5. The van der Waals surface area contributed by atoms with Gasteiger partial charge in [-0.1, -0.05) is 18.6 Å². The molecule has 1 fully saturated rings. The van der Waals surface area contributed by atoms with Gasteiger partial charge in [-0.15, -0.1) is 0 Å². The van der Waals surface area contributed by atoms with Gasteiger partial charge in [0.25, 0.3) is 0 Å². The summed E-state index contributed by atoms with van der Waals surface area (Å²) in [5.74, 6) is 1.97. The highest BCUT2D eigenvalue weighted by atomic mass is 16.5. The van der Waals surface area contributed by atoms with E-state index in [-0.39, 0.29) is 6.10 Å². The summed E-state index contributed by atoms with van der Waals surface area (Å²) in [4.78, 5) is 14.6. The summed E-state index contributed by atoms with van der Waals surface area (Å²) < 4.78 is 5.84. The van der Waals surface area contributed by atoms with Crippen molar-refractivity contribution in [2.24, 2.45) is 0 Å². The molecule has 0 spiro atoms. The van der Waals surface area contributed by atoms with Gasteiger partial charge < -0.3 is 4.74 Å². The molecule has 0 amide bonds. The minimum atomic E-state index is 0.201. The predicted octanol–water partition coefficient (Wildman–Crippen LogP) is 3.98. The van der Waals surface area contributed by atoms with Crippen LogP contribution in [-0.4, -0.2) is 46.0 Å². The van der Waals surface area contributed by atoms with E-state index in [1.54, 1.807) is 0 Å². The minimum absolute atomic E-state index is 0.201. The van der Waals surface area contributed by atoms with Crippen molar-refractivity contribution in [3.05, 3.63) is 53.1 Å². The first-order valence-electron chi connectivity index (χ1n) is 10.6. The lowest BCUT2D eigenvalue weighted by molar-refractivity contribution is 0.178. The maximum Gasteiger partial charge on any atom is 0.145 e. The van der Waals surface area contributed by atoms with Crippen LogP contribution in [0.4, 0.5) is 0 Å². The second-order valence-corrected chi connectivity index (χ2v) is 8.47. The first-order valence-corrected chi connectivity index (χ1v) is 10.6. The molecule has 0 aliphatic carbocycles. The van der Waals surface area contributed by atoms with Crippen molar-refractivity contribution < 1.29 is 4.74 Å². The highest BCUT2D eigenvalue weighted by molar-refractivity contribution is 5.29. The van der Waals surface area contributed by atoms with Crippen molar-refractivity contribution >= 4 is 0 Å². The van der Waals surface area contributed by atoms with Gasteiger partial charge in [0.2, 0.25) is 0 Å². The van der Waals surface area contributed by atoms with Crippen molar-refractivity contribution in [2.45, 2.75) is 64.8 Å². The van der Waals surface area contributed by atoms with Crippen molar-refractivity contribution in [2.75, 3.05) is 20.1 Å². The Kier molecular flexibility index (Phi) is 5.93. The Morgan fingerprint density at radius 1 is 1.21 bits per heavy atom. The molecule has 4 rings (SSSR count). The minimum Gasteiger partial charge on any atom is -0.491 e. The summed E-state index contributed by atoms with van der Waals surface area (Å²) in [6, 6.07) is 8.85. The Balaban J connectivity index is 1.42. The Bertz CT molecular complexity index is 807. The molecule has 0 saturated carbocycles. The van der Waals surface area contributed by atoms with Crippen LogP contribution in [0.5, 0.6) is 5.75 Å². The number of ether oxygens (including phenoxy) is 1. The van der Waals surface area contributed by atoms with Crippen LogP contribution in [0.2, 0.25) is 0 Å². The lowest BCUT2D eigenvalue weighted by atomic mass is 10.0. The maximum atomic E-state index is 5.84. The van der Waals surface area contributed by atoms with Crippen LogP contribution in [0, 0.1) is 0 Å². The van der Waals surface area contributed by atoms with E-state index in [1.165, 1.54) is 36.1 Å². The van der Waals surface area contributed by atoms with Gasteiger partial charge in [-0.25, -0.2) is 9.97 Å². The Morgan fingerprint density at radius 2 is 2.11 bits per heavy atom. The SMILES string of the molecule is CC(C)Oc1cccc(CN2CCc3nc([C@@H]4CCCCN4C)ncc3C2)c1. The molecule has 3 heterocycles. The Morgan fingerprint density at radius 3 is 2.93 bits per heavy atom. The van der Waals surface area contributed by atoms with Crippen LogP contribution < -0.4 is 4.74 Å². The van der Waals surface area contributed by atoms with Crippen molar-refractivity contribution in [3.63, 3.8) is 0 Å². The molecule has 2 aromatic rings. The molecule has 0 N–H and O–H groups in total. The zero-order valence-corrected chi connectivity index (χ0v) is 17.4. The second-order valence-electron chi connectivity index (χ2n) is 8.47. The molecule has 5 heteroatoms. The number of hydrogen-bond acceptors (Lipinski definition) is 5. The topological polar surface area (TPSA) is 41.5 Å². The molecule has 5 nitrogen and oxygen atoms in total. The van der Waals surface area contributed by atoms with Gasteiger partial charge in [-0.05, 0) is 58.0 Å². The summed E-state index contributed by atoms with van der Waals surface area (Å²) in [6.45, 7) is 8.17. The van der Waals surface area contributed by atoms with E-state index < -0.39 is 0 Å². The normalized spacial score (nSPS) is 20.9. The number of aromatic nitrogens is 2. The van der Waals surface area contributed by atoms with Crippen LogP contribution in [-0.2, 0) is 19.5 Å². The van der Waals surface area contributed by atoms with Crippen LogP contribution in [0.15, 0.2) is 30.5 Å². The van der Waals surface area contributed by atoms with Gasteiger partial charge in [0.05, 0.1) is 12.1 Å². The zero-order valence-electron chi connectivity index (χ0n) is 17.4. The molecular weight excluding hydrogens is 348 g/mol. The summed E-state index contributed by atoms with van der Waals surface area (Å²) in [6.07, 6.45) is 7.02. The van der Waals surface area contributed by atoms with E-state index in [0.29, 0.717) is 6.04 Å². The molecule has 1 saturated heterocycles. The molecule has 2 aliphatic rings. The summed E-state index contributed by atoms with van der Waals surface area (Å²) >= 11 is 0. The van der Waals surface area contributed by atoms with E-state index in [9.17, 15) is 0 Å². The van der Waals surface area contributed by atoms with E-state index >= 15 is 0 Å². The molecule has 28 heavy (non-hydrogen) atoms. The lowest BCUT2D eigenvalue weighted by Crippen LogP contribution is -2.33. The molecule has 0 bridgehead atoms. The molecule has 0 unspecified atom stereocenters. The number of rotatable bonds is 5. The summed E-state index contributed by atoms with van der Waals surface area (Å²) in [7, 11) is 2.20. The smallest absolute Gasteiger partial charge is 0.145 e. The largest absolute Gasteiger partial charge is 0.491 e. The van der Waals surface area contributed by atoms with E-state index in [2.05, 4.69) is 55.1 Å². The van der Waals surface area contributed by atoms with E-state index in [1.807, 2.05) is 6.07 Å². The van der Waals surface area contributed by atoms with Gasteiger partial charge in [0, 0.05) is 43.5 Å². The number of hydrogen-bond donors (Lipinski definition) is 0. The molecule has 1 aromatic carbocycles. The highest BCUT2D eigenvalue weighted by Crippen LogP contribution is 2.28. The van der Waals surface area contributed by atoms with Gasteiger partial charge in [0.15, 0.2) is 0 Å². The van der Waals surface area contributed by atoms with Gasteiger partial charge in [-0.2, -0.15) is 0 Å². The third kappa shape index (κ3) is 4.53. The molecular formula is C23H32N4O. The Hall–Kier alpha value is -1.98. The van der Waals surface area contributed by atoms with Crippen LogP contribution >= 0.6 is 0 Å². The monoisotopic (exact) mass is 380 g/mol. The van der Waals surface area contributed by atoms with E-state index in [0.717, 1.165) is 44.2 Å². The number of likely N-dealkylation sites (tertiary alicyclic amines) is 1. The third-order valence-corrected chi connectivity index (χ3v) is 5.78. The van der Waals surface area contributed by atoms with Crippen molar-refractivity contribution in [1.82, 2.24) is 19.8 Å². The third-order valence-electron chi connectivity index (χ3n) is 5.78. The quantitative estimate of drug-likeness (QED) is 0.785. The summed E-state index contributed by atoms with van der Waals surface area (Å²) in [5, 5.41) is 0. The van der Waals surface area contributed by atoms with Crippen molar-refractivity contribution in [1.29, 1.82) is 0 Å². The van der Waals surface area contributed by atoms with Crippen LogP contribution in [0.1, 0.15) is 61.8 Å². The Labute approximate surface area is 168 Å². The average molecular weight is 381 g/mol. The lowest BCUT2D eigenvalue weighted by Gasteiger charge is -2.33. The molecule has 1 atom stereocenters. The molecule has 1 aromatic heterocycles. The summed E-state index contributed by atoms with van der Waals surface area (Å²) in [5.41, 5.74) is 3.82. The van der Waals surface area contributed by atoms with Crippen LogP contribution in [0.3, 0.4) is 0 Å². The van der Waals surface area contributed by atoms with Gasteiger partial charge >= 0.3 is 0 Å². The predicted molar refractivity (Wildman–Crippen MR) is 111 cm³/mol. The number of nitrogens with zero attached hydrogens (tertiary/aromatic N) is 4. The molecule has 0 radical (unpaired) electrons. The average Bonchev–Trinajstić information content (AvgIpc) is 2.68. The van der Waals surface area contributed by atoms with Crippen molar-refractivity contribution in [3.8, 4) is 5.75 Å². The fraction of sp³-hybridized carbons (Fsp3) is 0.565. The first kappa shape index (κ1) is 19.3. The van der Waals surface area contributed by atoms with E-state index in [4.69, 9.17) is 14.7 Å². The first-order chi connectivity index (χ1) is 13.6. The van der Waals surface area contributed by atoms with Crippen LogP contribution in [0.25, 0.3) is 0 Å². The highest BCUT2D eigenvalue weighted by Gasteiger charge is 2.25. The maximum absolute atomic E-state index is 5.84. The standard InChI is InChI=1S/C23H32N4O/c1-17(2)28-20-8-6-7-18(13-20)15-27-12-10-21-19(16-27)14-24-23(25-21)22-9-4-5-11-26(22)3/h6-8,13-14,17,22H,4-5,9-12,15-16H2,1-3H3/t22-/m0/s1. The number of piperidine rings is 1. The van der Waals surface area contributed by atoms with Gasteiger partial charge in [0.1, 0.15) is 11.6 Å². The number of benzene rings is 1. The number of fused-ring (bicyclic) bond motifs is 1. The van der Waals surface area contributed by atoms with Gasteiger partial charge in [-0.3, -0.25) is 9.80 Å².